The Hall–Kier alpha value is -2.96. The van der Waals surface area contributed by atoms with E-state index in [1.807, 2.05) is 24.3 Å². The lowest BCUT2D eigenvalue weighted by molar-refractivity contribution is -0.139. The number of hydrogen-bond acceptors (Lipinski definition) is 7. The maximum absolute atomic E-state index is 11.3. The second kappa shape index (κ2) is 7.88. The first-order valence-corrected chi connectivity index (χ1v) is 7.27. The Labute approximate surface area is 134 Å². The van der Waals surface area contributed by atoms with E-state index in [-0.39, 0.29) is 18.4 Å². The first-order valence-electron chi connectivity index (χ1n) is 7.27. The second-order valence-corrected chi connectivity index (χ2v) is 4.68. The topological polar surface area (TPSA) is 103 Å². The van der Waals surface area contributed by atoms with Crippen LogP contribution in [0.2, 0.25) is 0 Å². The highest BCUT2D eigenvalue weighted by molar-refractivity contribution is 5.81. The summed E-state index contributed by atoms with van der Waals surface area (Å²) in [6, 6.07) is 7.85. The highest BCUT2D eigenvalue weighted by Crippen LogP contribution is 2.19. The minimum absolute atomic E-state index is 0.0635. The SMILES string of the molecule is C/C=C/C(=O)OCc1nc(N)nc(Nc2ccccc2CC)n1. The van der Waals surface area contributed by atoms with Gasteiger partial charge in [-0.15, -0.1) is 0 Å². The van der Waals surface area contributed by atoms with Crippen molar-refractivity contribution >= 4 is 23.6 Å². The first kappa shape index (κ1) is 16.4. The summed E-state index contributed by atoms with van der Waals surface area (Å²) >= 11 is 0. The summed E-state index contributed by atoms with van der Waals surface area (Å²) in [6.07, 6.45) is 3.79. The van der Waals surface area contributed by atoms with Gasteiger partial charge in [-0.2, -0.15) is 15.0 Å². The Balaban J connectivity index is 2.15. The molecule has 2 rings (SSSR count). The largest absolute Gasteiger partial charge is 0.454 e. The summed E-state index contributed by atoms with van der Waals surface area (Å²) in [5.74, 6) is 0.202. The van der Waals surface area contributed by atoms with Crippen LogP contribution < -0.4 is 11.1 Å². The van der Waals surface area contributed by atoms with E-state index in [2.05, 4.69) is 27.2 Å². The second-order valence-electron chi connectivity index (χ2n) is 4.68. The first-order chi connectivity index (χ1) is 11.1. The Bertz CT molecular complexity index is 715. The van der Waals surface area contributed by atoms with Crippen LogP contribution in [0.3, 0.4) is 0 Å². The van der Waals surface area contributed by atoms with E-state index in [0.29, 0.717) is 5.95 Å². The average molecular weight is 313 g/mol. The highest BCUT2D eigenvalue weighted by Gasteiger charge is 2.08. The minimum atomic E-state index is -0.461. The van der Waals surface area contributed by atoms with Crippen molar-refractivity contribution in [2.24, 2.45) is 0 Å². The number of nitrogens with one attached hydrogen (secondary N) is 1. The molecule has 0 spiro atoms. The number of allylic oxidation sites excluding steroid dienone is 1. The van der Waals surface area contributed by atoms with Crippen LogP contribution in [0.25, 0.3) is 0 Å². The molecule has 0 amide bonds. The maximum atomic E-state index is 11.3. The molecule has 7 nitrogen and oxygen atoms in total. The van der Waals surface area contributed by atoms with Gasteiger partial charge in [-0.05, 0) is 25.0 Å². The van der Waals surface area contributed by atoms with E-state index >= 15 is 0 Å². The number of benzene rings is 1. The van der Waals surface area contributed by atoms with Gasteiger partial charge in [0.2, 0.25) is 11.9 Å². The Morgan fingerprint density at radius 1 is 1.30 bits per heavy atom. The third kappa shape index (κ3) is 4.77. The molecular weight excluding hydrogens is 294 g/mol. The van der Waals surface area contributed by atoms with Gasteiger partial charge >= 0.3 is 5.97 Å². The molecule has 1 aromatic carbocycles. The molecule has 0 unspecified atom stereocenters. The lowest BCUT2D eigenvalue weighted by Gasteiger charge is -2.10. The van der Waals surface area contributed by atoms with E-state index in [4.69, 9.17) is 10.5 Å². The average Bonchev–Trinajstić information content (AvgIpc) is 2.53. The minimum Gasteiger partial charge on any atom is -0.454 e. The number of aromatic nitrogens is 3. The molecule has 0 atom stereocenters. The molecule has 2 aromatic rings. The van der Waals surface area contributed by atoms with Gasteiger partial charge in [-0.1, -0.05) is 31.2 Å². The van der Waals surface area contributed by atoms with Crippen LogP contribution in [0, 0.1) is 0 Å². The molecule has 1 aromatic heterocycles. The van der Waals surface area contributed by atoms with Gasteiger partial charge in [0.15, 0.2) is 12.4 Å². The molecule has 0 aliphatic heterocycles. The molecule has 23 heavy (non-hydrogen) atoms. The van der Waals surface area contributed by atoms with Crippen LogP contribution >= 0.6 is 0 Å². The number of nitrogens with two attached hydrogens (primary N) is 1. The van der Waals surface area contributed by atoms with Crippen molar-refractivity contribution in [1.29, 1.82) is 0 Å². The molecule has 1 heterocycles. The van der Waals surface area contributed by atoms with E-state index in [9.17, 15) is 4.79 Å². The molecule has 0 aliphatic carbocycles. The van der Waals surface area contributed by atoms with E-state index in [1.54, 1.807) is 13.0 Å². The third-order valence-electron chi connectivity index (χ3n) is 2.99. The summed E-state index contributed by atoms with van der Waals surface area (Å²) in [5.41, 5.74) is 7.72. The predicted octanol–water partition coefficient (Wildman–Crippen LogP) is 2.38. The van der Waals surface area contributed by atoms with Crippen molar-refractivity contribution in [2.75, 3.05) is 11.1 Å². The molecule has 7 heteroatoms. The number of aryl methyl sites for hydroxylation is 1. The van der Waals surface area contributed by atoms with Gasteiger partial charge < -0.3 is 15.8 Å². The van der Waals surface area contributed by atoms with Crippen molar-refractivity contribution in [2.45, 2.75) is 26.9 Å². The summed E-state index contributed by atoms with van der Waals surface area (Å²) in [4.78, 5) is 23.6. The van der Waals surface area contributed by atoms with E-state index < -0.39 is 5.97 Å². The molecule has 0 saturated carbocycles. The van der Waals surface area contributed by atoms with Crippen LogP contribution in [0.4, 0.5) is 17.6 Å². The van der Waals surface area contributed by atoms with Gasteiger partial charge in [0.05, 0.1) is 0 Å². The van der Waals surface area contributed by atoms with Crippen LogP contribution in [-0.2, 0) is 22.6 Å². The lowest BCUT2D eigenvalue weighted by Crippen LogP contribution is -2.10. The summed E-state index contributed by atoms with van der Waals surface area (Å²) in [7, 11) is 0. The summed E-state index contributed by atoms with van der Waals surface area (Å²) in [6.45, 7) is 3.73. The Morgan fingerprint density at radius 3 is 2.83 bits per heavy atom. The van der Waals surface area contributed by atoms with Crippen LogP contribution in [-0.4, -0.2) is 20.9 Å². The van der Waals surface area contributed by atoms with Gasteiger partial charge in [0.1, 0.15) is 0 Å². The fourth-order valence-corrected chi connectivity index (χ4v) is 1.95. The summed E-state index contributed by atoms with van der Waals surface area (Å²) < 4.78 is 5.01. The zero-order valence-electron chi connectivity index (χ0n) is 13.1. The number of ether oxygens (including phenoxy) is 1. The molecule has 0 fully saturated rings. The smallest absolute Gasteiger partial charge is 0.330 e. The molecule has 0 saturated heterocycles. The van der Waals surface area contributed by atoms with Gasteiger partial charge in [-0.25, -0.2) is 4.79 Å². The standard InChI is InChI=1S/C16H19N5O2/c1-3-7-14(22)23-10-13-19-15(17)21-16(20-13)18-12-9-6-5-8-11(12)4-2/h3,5-9H,4,10H2,1-2H3,(H3,17,18,19,20,21)/b7-3+. The van der Waals surface area contributed by atoms with Crippen LogP contribution in [0.5, 0.6) is 0 Å². The van der Waals surface area contributed by atoms with Crippen molar-refractivity contribution in [3.63, 3.8) is 0 Å². The Morgan fingerprint density at radius 2 is 2.09 bits per heavy atom. The van der Waals surface area contributed by atoms with Crippen molar-refractivity contribution < 1.29 is 9.53 Å². The molecule has 0 bridgehead atoms. The van der Waals surface area contributed by atoms with Gasteiger partial charge in [0.25, 0.3) is 0 Å². The number of nitrogens with zero attached hydrogens (tertiary/aromatic N) is 3. The number of para-hydroxylation sites is 1. The zero-order chi connectivity index (χ0) is 16.7. The van der Waals surface area contributed by atoms with Crippen molar-refractivity contribution in [3.8, 4) is 0 Å². The monoisotopic (exact) mass is 313 g/mol. The van der Waals surface area contributed by atoms with Crippen LogP contribution in [0.1, 0.15) is 25.2 Å². The highest BCUT2D eigenvalue weighted by atomic mass is 16.5. The number of carbonyl (C=O) groups excluding carboxylic acids is 1. The third-order valence-corrected chi connectivity index (χ3v) is 2.99. The number of nitrogen functional groups attached to an aromatic ring is 1. The molecule has 3 N–H and O–H groups in total. The molecule has 0 radical (unpaired) electrons. The maximum Gasteiger partial charge on any atom is 0.330 e. The van der Waals surface area contributed by atoms with Gasteiger partial charge in [0, 0.05) is 11.8 Å². The molecule has 0 aliphatic rings. The van der Waals surface area contributed by atoms with Crippen molar-refractivity contribution in [3.05, 3.63) is 47.8 Å². The fourth-order valence-electron chi connectivity index (χ4n) is 1.95. The number of carbonyl (C=O) groups is 1. The predicted molar refractivity (Wildman–Crippen MR) is 88.0 cm³/mol. The molecular formula is C16H19N5O2. The fraction of sp³-hybridized carbons (Fsp3) is 0.250. The zero-order valence-corrected chi connectivity index (χ0v) is 13.1. The van der Waals surface area contributed by atoms with E-state index in [1.165, 1.54) is 6.08 Å². The normalized spacial score (nSPS) is 10.7. The number of esters is 1. The van der Waals surface area contributed by atoms with E-state index in [0.717, 1.165) is 17.7 Å². The van der Waals surface area contributed by atoms with Crippen LogP contribution in [0.15, 0.2) is 36.4 Å². The Kier molecular flexibility index (Phi) is 5.62. The quantitative estimate of drug-likeness (QED) is 0.623. The van der Waals surface area contributed by atoms with Crippen molar-refractivity contribution in [1.82, 2.24) is 15.0 Å². The summed E-state index contributed by atoms with van der Waals surface area (Å²) in [5, 5.41) is 3.12. The number of rotatable bonds is 6. The number of anilines is 3. The lowest BCUT2D eigenvalue weighted by atomic mass is 10.1. The number of hydrogen-bond donors (Lipinski definition) is 2. The van der Waals surface area contributed by atoms with Gasteiger partial charge in [-0.3, -0.25) is 0 Å². The molecule has 120 valence electrons.